The van der Waals surface area contributed by atoms with Gasteiger partial charge in [0.1, 0.15) is 0 Å². The molecule has 0 unspecified atom stereocenters. The molecule has 0 amide bonds. The van der Waals surface area contributed by atoms with Crippen LogP contribution in [0.3, 0.4) is 0 Å². The molecule has 6 heavy (non-hydrogen) atoms. The molecule has 0 saturated carbocycles. The van der Waals surface area contributed by atoms with E-state index in [1.807, 2.05) is 0 Å². The van der Waals surface area contributed by atoms with Gasteiger partial charge in [-0.2, -0.15) is 0 Å². The molecule has 0 aromatic heterocycles. The highest BCUT2D eigenvalue weighted by molar-refractivity contribution is 14.1. The molecule has 2 heteroatoms. The quantitative estimate of drug-likeness (QED) is 0.350. The zero-order valence-corrected chi connectivity index (χ0v) is 5.86. The highest BCUT2D eigenvalue weighted by Crippen LogP contribution is 2.27. The average Bonchev–Trinajstić information content (AvgIpc) is 2.22. The van der Waals surface area contributed by atoms with Crippen molar-refractivity contribution in [1.82, 2.24) is 0 Å². The van der Waals surface area contributed by atoms with Crippen LogP contribution in [0.5, 0.6) is 0 Å². The first kappa shape index (κ1) is 4.84. The van der Waals surface area contributed by atoms with Gasteiger partial charge in [0.05, 0.1) is 12.2 Å². The maximum atomic E-state index is 5.04. The lowest BCUT2D eigenvalue weighted by Crippen LogP contribution is -2.03. The van der Waals surface area contributed by atoms with Crippen LogP contribution in [0.2, 0.25) is 0 Å². The Morgan fingerprint density at radius 1 is 2.00 bits per heavy atom. The largest absolute Gasteiger partial charge is 0.369 e. The summed E-state index contributed by atoms with van der Waals surface area (Å²) >= 11 is 2.33. The summed E-state index contributed by atoms with van der Waals surface area (Å²) in [6, 6.07) is 0. The lowest BCUT2D eigenvalue weighted by molar-refractivity contribution is 0.351. The summed E-state index contributed by atoms with van der Waals surface area (Å²) < 4.78 is 6.17. The minimum atomic E-state index is 0.278. The Bertz CT molecular complexity index is 58.6. The van der Waals surface area contributed by atoms with Crippen molar-refractivity contribution in [1.29, 1.82) is 0 Å². The first-order chi connectivity index (χ1) is 2.77. The topological polar surface area (TPSA) is 12.5 Å². The summed E-state index contributed by atoms with van der Waals surface area (Å²) in [7, 11) is 0. The number of alkyl halides is 1. The summed E-state index contributed by atoms with van der Waals surface area (Å²) in [5.41, 5.74) is 0.278. The van der Waals surface area contributed by atoms with Gasteiger partial charge >= 0.3 is 0 Å². The molecule has 1 fully saturated rings. The Hall–Kier alpha value is 0.690. The van der Waals surface area contributed by atoms with Crippen molar-refractivity contribution >= 4 is 22.6 Å². The van der Waals surface area contributed by atoms with E-state index in [4.69, 9.17) is 4.74 Å². The highest BCUT2D eigenvalue weighted by Gasteiger charge is 2.37. The fraction of sp³-hybridized carbons (Fsp3) is 1.00. The molecule has 0 bridgehead atoms. The number of hydrogen-bond acceptors (Lipinski definition) is 1. The number of ether oxygens (including phenoxy) is 1. The van der Waals surface area contributed by atoms with Crippen molar-refractivity contribution in [2.75, 3.05) is 11.0 Å². The molecule has 0 aromatic rings. The third-order valence-corrected chi connectivity index (χ3v) is 2.53. The van der Waals surface area contributed by atoms with Crippen molar-refractivity contribution in [3.8, 4) is 0 Å². The van der Waals surface area contributed by atoms with Crippen LogP contribution in [0.1, 0.15) is 6.92 Å². The highest BCUT2D eigenvalue weighted by atomic mass is 127. The van der Waals surface area contributed by atoms with Gasteiger partial charge in [-0.1, -0.05) is 22.6 Å². The molecule has 0 N–H and O–H groups in total. The lowest BCUT2D eigenvalue weighted by Gasteiger charge is -1.90. The second-order valence-corrected chi connectivity index (χ2v) is 2.64. The molecule has 1 rings (SSSR count). The maximum absolute atomic E-state index is 5.04. The first-order valence-corrected chi connectivity index (χ1v) is 3.49. The molecule has 0 radical (unpaired) electrons. The standard InChI is InChI=1S/C4H7IO/c1-4(2-5)3-6-4/h2-3H2,1H3/t4-/m0/s1. The molecule has 0 aliphatic carbocycles. The first-order valence-electron chi connectivity index (χ1n) is 1.97. The van der Waals surface area contributed by atoms with E-state index < -0.39 is 0 Å². The fourth-order valence-corrected chi connectivity index (χ4v) is 0.641. The normalized spacial score (nSPS) is 43.0. The Labute approximate surface area is 51.2 Å². The minimum absolute atomic E-state index is 0.278. The zero-order valence-electron chi connectivity index (χ0n) is 3.70. The monoisotopic (exact) mass is 198 g/mol. The smallest absolute Gasteiger partial charge is 0.0977 e. The molecule has 36 valence electrons. The molecule has 1 saturated heterocycles. The van der Waals surface area contributed by atoms with Crippen LogP contribution in [-0.2, 0) is 4.74 Å². The third kappa shape index (κ3) is 0.846. The van der Waals surface area contributed by atoms with Crippen molar-refractivity contribution in [3.05, 3.63) is 0 Å². The Kier molecular flexibility index (Phi) is 1.08. The van der Waals surface area contributed by atoms with Gasteiger partial charge in [0, 0.05) is 4.43 Å². The van der Waals surface area contributed by atoms with Gasteiger partial charge in [0.15, 0.2) is 0 Å². The molecule has 0 aromatic carbocycles. The maximum Gasteiger partial charge on any atom is 0.0977 e. The Balaban J connectivity index is 2.28. The molecule has 1 aliphatic heterocycles. The zero-order chi connectivity index (χ0) is 4.62. The molecule has 0 spiro atoms. The van der Waals surface area contributed by atoms with E-state index in [-0.39, 0.29) is 5.60 Å². The van der Waals surface area contributed by atoms with E-state index >= 15 is 0 Å². The Morgan fingerprint density at radius 2 is 2.50 bits per heavy atom. The van der Waals surface area contributed by atoms with Gasteiger partial charge in [-0.25, -0.2) is 0 Å². The third-order valence-electron chi connectivity index (χ3n) is 0.920. The van der Waals surface area contributed by atoms with Gasteiger partial charge in [0.2, 0.25) is 0 Å². The van der Waals surface area contributed by atoms with Gasteiger partial charge in [-0.15, -0.1) is 0 Å². The molecular formula is C4H7IO. The van der Waals surface area contributed by atoms with Crippen LogP contribution in [0.4, 0.5) is 0 Å². The minimum Gasteiger partial charge on any atom is -0.369 e. The van der Waals surface area contributed by atoms with Gasteiger partial charge in [-0.05, 0) is 6.92 Å². The van der Waals surface area contributed by atoms with Crippen LogP contribution in [-0.4, -0.2) is 16.6 Å². The molecule has 1 atom stereocenters. The number of epoxide rings is 1. The van der Waals surface area contributed by atoms with Gasteiger partial charge in [-0.3, -0.25) is 0 Å². The lowest BCUT2D eigenvalue weighted by atomic mass is 10.3. The summed E-state index contributed by atoms with van der Waals surface area (Å²) in [4.78, 5) is 0. The van der Waals surface area contributed by atoms with E-state index in [0.717, 1.165) is 11.0 Å². The van der Waals surface area contributed by atoms with Gasteiger partial charge in [0.25, 0.3) is 0 Å². The van der Waals surface area contributed by atoms with Gasteiger partial charge < -0.3 is 4.74 Å². The molecule has 1 heterocycles. The molecular weight excluding hydrogens is 191 g/mol. The van der Waals surface area contributed by atoms with Crippen LogP contribution in [0.25, 0.3) is 0 Å². The predicted molar refractivity (Wildman–Crippen MR) is 33.2 cm³/mol. The van der Waals surface area contributed by atoms with Crippen molar-refractivity contribution < 1.29 is 4.74 Å². The average molecular weight is 198 g/mol. The van der Waals surface area contributed by atoms with E-state index in [1.165, 1.54) is 0 Å². The van der Waals surface area contributed by atoms with Crippen LogP contribution in [0, 0.1) is 0 Å². The fourth-order valence-electron chi connectivity index (χ4n) is 0.200. The van der Waals surface area contributed by atoms with Crippen LogP contribution >= 0.6 is 22.6 Å². The number of rotatable bonds is 1. The van der Waals surface area contributed by atoms with E-state index in [2.05, 4.69) is 29.5 Å². The van der Waals surface area contributed by atoms with Crippen LogP contribution < -0.4 is 0 Å². The van der Waals surface area contributed by atoms with E-state index in [9.17, 15) is 0 Å². The summed E-state index contributed by atoms with van der Waals surface area (Å²) in [5.74, 6) is 0. The van der Waals surface area contributed by atoms with Crippen molar-refractivity contribution in [2.24, 2.45) is 0 Å². The second kappa shape index (κ2) is 1.33. The summed E-state index contributed by atoms with van der Waals surface area (Å²) in [6.45, 7) is 3.09. The molecule has 1 aliphatic rings. The number of halogens is 1. The molecule has 1 nitrogen and oxygen atoms in total. The van der Waals surface area contributed by atoms with E-state index in [1.54, 1.807) is 0 Å². The Morgan fingerprint density at radius 3 is 2.50 bits per heavy atom. The number of hydrogen-bond donors (Lipinski definition) is 0. The van der Waals surface area contributed by atoms with Crippen molar-refractivity contribution in [2.45, 2.75) is 12.5 Å². The summed E-state index contributed by atoms with van der Waals surface area (Å²) in [5, 5.41) is 0. The summed E-state index contributed by atoms with van der Waals surface area (Å²) in [6.07, 6.45) is 0. The van der Waals surface area contributed by atoms with Crippen LogP contribution in [0.15, 0.2) is 0 Å². The van der Waals surface area contributed by atoms with Crippen molar-refractivity contribution in [3.63, 3.8) is 0 Å². The van der Waals surface area contributed by atoms with E-state index in [0.29, 0.717) is 0 Å². The second-order valence-electron chi connectivity index (χ2n) is 1.87. The predicted octanol–water partition coefficient (Wildman–Crippen LogP) is 1.21. The SMILES string of the molecule is C[C@]1(CI)CO1.